The quantitative estimate of drug-likeness (QED) is 0.0389. The van der Waals surface area contributed by atoms with Gasteiger partial charge in [-0.2, -0.15) is 45.7 Å². The van der Waals surface area contributed by atoms with Crippen molar-refractivity contribution >= 4 is 119 Å². The van der Waals surface area contributed by atoms with Crippen LogP contribution in [0.2, 0.25) is 15.1 Å². The van der Waals surface area contributed by atoms with Crippen molar-refractivity contribution in [3.8, 4) is 48.1 Å². The van der Waals surface area contributed by atoms with Gasteiger partial charge < -0.3 is 68.3 Å². The maximum atomic E-state index is 14.1. The molecule has 11 aliphatic rings. The highest BCUT2D eigenvalue weighted by molar-refractivity contribution is 6.38. The normalized spacial score (nSPS) is 23.3. The van der Waals surface area contributed by atoms with Gasteiger partial charge in [-0.15, -0.1) is 0 Å². The zero-order valence-electron chi connectivity index (χ0n) is 80.0. The summed E-state index contributed by atoms with van der Waals surface area (Å²) in [6.45, 7) is 12.3. The molecule has 30 nitrogen and oxygen atoms in total. The number of fused-ring (bicyclic) bond motifs is 6. The Bertz CT molecular complexity index is 6500. The van der Waals surface area contributed by atoms with Crippen molar-refractivity contribution in [2.75, 3.05) is 214 Å². The van der Waals surface area contributed by atoms with Crippen molar-refractivity contribution in [1.82, 2.24) is 69.1 Å². The number of aliphatic hydroxyl groups is 1. The third-order valence-electron chi connectivity index (χ3n) is 30.8. The van der Waals surface area contributed by atoms with Gasteiger partial charge in [0.15, 0.2) is 0 Å². The number of carbonyl (C=O) groups excluding carboxylic acids is 3. The molecule has 35 heteroatoms. The Balaban J connectivity index is 0.559. The number of alkyl halides is 2. The molecule has 9 atom stereocenters. The molecule has 0 bridgehead atoms. The van der Waals surface area contributed by atoms with Gasteiger partial charge in [0.2, 0.25) is 11.8 Å². The molecule has 3 amide bonds. The molecule has 141 heavy (non-hydrogen) atoms. The lowest BCUT2D eigenvalue weighted by molar-refractivity contribution is -0.129. The van der Waals surface area contributed by atoms with E-state index in [1.165, 1.54) is 5.56 Å². The molecule has 0 aliphatic carbocycles. The number of halogens is 5. The minimum atomic E-state index is -0.861. The second-order valence-corrected chi connectivity index (χ2v) is 40.8. The Hall–Kier alpha value is -12.1. The van der Waals surface area contributed by atoms with Crippen LogP contribution in [0.25, 0.3) is 32.3 Å². The van der Waals surface area contributed by atoms with Crippen LogP contribution in [0.15, 0.2) is 121 Å². The van der Waals surface area contributed by atoms with Gasteiger partial charge in [-0.1, -0.05) is 114 Å². The first kappa shape index (κ1) is 96.4. The van der Waals surface area contributed by atoms with Crippen LogP contribution in [-0.2, 0) is 53.3 Å². The number of likely N-dealkylation sites (tertiary alicyclic amines) is 5. The maximum absolute atomic E-state index is 14.1. The molecule has 734 valence electrons. The Morgan fingerprint density at radius 2 is 0.922 bits per heavy atom. The van der Waals surface area contributed by atoms with E-state index in [2.05, 4.69) is 156 Å². The summed E-state index contributed by atoms with van der Waals surface area (Å²) in [5, 5.41) is 48.0. The largest absolute Gasteiger partial charge is 0.462 e. The number of aromatic nitrogens is 6. The van der Waals surface area contributed by atoms with Crippen molar-refractivity contribution in [2.45, 2.75) is 151 Å². The lowest BCUT2D eigenvalue weighted by Crippen LogP contribution is -2.55. The fraction of sp³-hybridized carbons (Fsp3) is 0.491. The van der Waals surface area contributed by atoms with Crippen molar-refractivity contribution in [1.29, 1.82) is 15.8 Å². The number of ether oxygens (including phenoxy) is 3. The van der Waals surface area contributed by atoms with Crippen LogP contribution in [0.4, 0.5) is 43.3 Å². The second-order valence-electron chi connectivity index (χ2n) is 39.5. The standard InChI is InChI=1S/C106H118Cl3F2N23O7/c1-121-36-8-15-78(121)65-139-104-115-90-63-127(41-31-84(90)101(118-104)131-45-48-134(77(61-131)28-35-114)97(138)23-11-49-135)93-25-24-81(82-16-7-19-88(109)100(82)93)72-52-80(123(3)55-72)67-141-106-117-91-64-128(42-32-85(91)103(120-106)130-44-47-133(76(60-130)27-34-113)96(137)22-10-38-125-57-74(111)58-125)94-53-70(50-69-14-5-18-87(108)99(69)94)71-51-79(122(2)54-71)66-140-105-116-89-62-126(92-20-6-13-68-12-4-17-86(107)98(68)92)40-30-83(89)102(119-105)129-43-46-132(75(59-129)26-33-112)95(136)21-9-37-124-39-29-73(110)56-124/h4-7,9-10,12-14,16-22,24-25,50,53,71-80,135H,8,15,26-32,36-49,51-52,54-67H2,1-3H3/b21-9+,22-10+/t71?,72?,73?,75-,76-,77-,78-,79-,80-/m0/s1. The summed E-state index contributed by atoms with van der Waals surface area (Å²) in [6, 6.07) is 40.1. The highest BCUT2D eigenvalue weighted by Gasteiger charge is 2.43. The number of rotatable bonds is 26. The van der Waals surface area contributed by atoms with Gasteiger partial charge in [0, 0.05) is 211 Å². The van der Waals surface area contributed by atoms with Crippen LogP contribution in [-0.4, -0.2) is 326 Å². The van der Waals surface area contributed by atoms with E-state index in [0.717, 1.165) is 146 Å². The SMILES string of the molecule is CN1CCC[C@H]1COc1nc2c(c(N3CCN(C(=O)C#CCO)[C@@H](CC#N)C3)n1)CCN(c1ccc(C3C[C@@H](COc4nc5c(c(N6CCN(C(=O)/C=C/CN7CC(F)C7)[C@@H](CC#N)C6)n4)CCN(c4cc(C6C[C@@H](COc7nc8c(c(N9CCN(C(=O)/C=C/CN%10CCC(F)C%10)[C@@H](CC#N)C9)n7)CCN(c7cccc9cccc(Cl)c79)C8)N(C)C6)cc6cccc(Cl)c46)C5)N(C)C3)c3cccc(Cl)c13)C2. The first-order valence-electron chi connectivity index (χ1n) is 49.6. The minimum absolute atomic E-state index is 0.0447. The van der Waals surface area contributed by atoms with Crippen LogP contribution in [0.1, 0.15) is 108 Å². The number of carbonyl (C=O) groups is 3. The zero-order valence-corrected chi connectivity index (χ0v) is 82.2. The van der Waals surface area contributed by atoms with E-state index in [1.807, 2.05) is 52.3 Å². The maximum Gasteiger partial charge on any atom is 0.318 e. The van der Waals surface area contributed by atoms with Crippen molar-refractivity contribution in [2.24, 2.45) is 0 Å². The molecule has 11 aliphatic heterocycles. The minimum Gasteiger partial charge on any atom is -0.462 e. The molecule has 9 aromatic rings. The molecular weight excluding hydrogens is 1850 g/mol. The van der Waals surface area contributed by atoms with Crippen LogP contribution in [0.3, 0.4) is 0 Å². The predicted molar refractivity (Wildman–Crippen MR) is 541 cm³/mol. The van der Waals surface area contributed by atoms with Crippen molar-refractivity contribution < 1.29 is 42.5 Å². The molecular formula is C106H118Cl3F2N23O7. The predicted octanol–water partition coefficient (Wildman–Crippen LogP) is 12.0. The lowest BCUT2D eigenvalue weighted by Gasteiger charge is -2.42. The molecule has 20 rings (SSSR count). The molecule has 0 radical (unpaired) electrons. The van der Waals surface area contributed by atoms with Gasteiger partial charge >= 0.3 is 18.0 Å². The first-order valence-corrected chi connectivity index (χ1v) is 50.8. The van der Waals surface area contributed by atoms with E-state index >= 15 is 0 Å². The molecule has 6 aromatic carbocycles. The summed E-state index contributed by atoms with van der Waals surface area (Å²) < 4.78 is 48.4. The smallest absolute Gasteiger partial charge is 0.318 e. The molecule has 0 spiro atoms. The molecule has 3 unspecified atom stereocenters. The average Bonchev–Trinajstić information content (AvgIpc) is 1.60. The molecule has 0 saturated carbocycles. The summed E-state index contributed by atoms with van der Waals surface area (Å²) in [7, 11) is 6.40. The lowest BCUT2D eigenvalue weighted by atomic mass is 9.90. The van der Waals surface area contributed by atoms with E-state index in [-0.39, 0.29) is 85.7 Å². The van der Waals surface area contributed by atoms with Gasteiger partial charge in [-0.05, 0) is 160 Å². The summed E-state index contributed by atoms with van der Waals surface area (Å²) in [4.78, 5) is 103. The Labute approximate surface area is 836 Å². The molecule has 8 saturated heterocycles. The molecule has 14 heterocycles. The average molecular weight is 1970 g/mol. The number of anilines is 6. The fourth-order valence-corrected chi connectivity index (χ4v) is 24.1. The summed E-state index contributed by atoms with van der Waals surface area (Å²) in [6.07, 6.45) is 11.2. The topological polar surface area (TPSA) is 293 Å². The fourth-order valence-electron chi connectivity index (χ4n) is 23.3. The number of nitrogens with zero attached hydrogens (tertiary/aromatic N) is 23. The van der Waals surface area contributed by atoms with Crippen LogP contribution in [0, 0.1) is 45.8 Å². The van der Waals surface area contributed by atoms with Crippen LogP contribution >= 0.6 is 34.8 Å². The summed E-state index contributed by atoms with van der Waals surface area (Å²) in [5.41, 5.74) is 10.7. The Morgan fingerprint density at radius 3 is 1.44 bits per heavy atom. The third-order valence-corrected chi connectivity index (χ3v) is 31.8. The highest BCUT2D eigenvalue weighted by Crippen LogP contribution is 2.47. The number of hydrogen-bond donors (Lipinski definition) is 1. The van der Waals surface area contributed by atoms with E-state index in [9.17, 15) is 44.1 Å². The van der Waals surface area contributed by atoms with E-state index in [4.69, 9.17) is 78.9 Å². The van der Waals surface area contributed by atoms with Gasteiger partial charge in [0.25, 0.3) is 5.91 Å². The molecule has 8 fully saturated rings. The van der Waals surface area contributed by atoms with Gasteiger partial charge in [-0.3, -0.25) is 34.0 Å². The monoisotopic (exact) mass is 1970 g/mol. The van der Waals surface area contributed by atoms with Gasteiger partial charge in [-0.25, -0.2) is 8.78 Å². The first-order chi connectivity index (χ1) is 68.7. The number of aliphatic hydroxyl groups excluding tert-OH is 1. The molecule has 3 aromatic heterocycles. The number of nitriles is 3. The third kappa shape index (κ3) is 20.6. The zero-order chi connectivity index (χ0) is 97.2. The number of amides is 3. The van der Waals surface area contributed by atoms with Crippen LogP contribution < -0.4 is 43.6 Å². The summed E-state index contributed by atoms with van der Waals surface area (Å²) >= 11 is 21.9. The Morgan fingerprint density at radius 1 is 0.454 bits per heavy atom. The van der Waals surface area contributed by atoms with E-state index < -0.39 is 43.0 Å². The number of hydrogen-bond acceptors (Lipinski definition) is 27. The van der Waals surface area contributed by atoms with Crippen molar-refractivity contribution in [3.05, 3.63) is 181 Å². The second kappa shape index (κ2) is 42.6. The van der Waals surface area contributed by atoms with Crippen molar-refractivity contribution in [3.63, 3.8) is 0 Å². The van der Waals surface area contributed by atoms with E-state index in [0.29, 0.717) is 197 Å². The molecule has 1 N–H and O–H groups in total. The Kier molecular flexibility index (Phi) is 29.2. The number of benzene rings is 6. The highest BCUT2D eigenvalue weighted by atomic mass is 35.5. The number of piperazine rings is 3. The van der Waals surface area contributed by atoms with Gasteiger partial charge in [0.05, 0.1) is 107 Å². The van der Waals surface area contributed by atoms with E-state index in [1.54, 1.807) is 32.9 Å². The summed E-state index contributed by atoms with van der Waals surface area (Å²) in [5.74, 6) is 6.57. The number of likely N-dealkylation sites (N-methyl/N-ethyl adjacent to an activating group) is 3. The van der Waals surface area contributed by atoms with Gasteiger partial charge in [0.1, 0.15) is 56.2 Å². The van der Waals surface area contributed by atoms with Crippen LogP contribution in [0.5, 0.6) is 18.0 Å².